The molecule has 0 fully saturated rings. The molecule has 4 rings (SSSR count). The van der Waals surface area contributed by atoms with Crippen LogP contribution in [0.2, 0.25) is 0 Å². The fourth-order valence-electron chi connectivity index (χ4n) is 3.20. The zero-order valence-electron chi connectivity index (χ0n) is 13.9. The first kappa shape index (κ1) is 14.8. The van der Waals surface area contributed by atoms with Crippen LogP contribution in [0.1, 0.15) is 23.4 Å². The first-order valence-electron chi connectivity index (χ1n) is 8.23. The number of methoxy groups -OCH3 is 1. The van der Waals surface area contributed by atoms with Crippen molar-refractivity contribution in [2.24, 2.45) is 0 Å². The molecule has 120 valence electrons. The third-order valence-electron chi connectivity index (χ3n) is 4.41. The number of hydrogen-bond donors (Lipinski definition) is 0. The number of aromatic nitrogens is 3. The van der Waals surface area contributed by atoms with Crippen LogP contribution < -0.4 is 4.74 Å². The van der Waals surface area contributed by atoms with Crippen molar-refractivity contribution in [2.45, 2.75) is 26.2 Å². The van der Waals surface area contributed by atoms with Crippen molar-refractivity contribution in [3.05, 3.63) is 59.4 Å². The van der Waals surface area contributed by atoms with Crippen molar-refractivity contribution in [2.75, 3.05) is 7.11 Å². The zero-order chi connectivity index (χ0) is 16.5. The molecule has 1 aliphatic carbocycles. The third-order valence-corrected chi connectivity index (χ3v) is 4.41. The molecule has 0 N–H and O–H groups in total. The Bertz CT molecular complexity index is 888. The standard InChI is InChI=1S/C20H19N3O/c1-13-5-3-8-18(21-13)20-22-17-7-4-6-16(17)19(23-20)14-9-11-15(24-2)12-10-14/h3,5,8-12H,4,6-7H2,1-2H3. The molecule has 24 heavy (non-hydrogen) atoms. The first-order chi connectivity index (χ1) is 11.7. The minimum absolute atomic E-state index is 0.713. The Morgan fingerprint density at radius 2 is 1.75 bits per heavy atom. The van der Waals surface area contributed by atoms with E-state index in [0.717, 1.165) is 53.4 Å². The fraction of sp³-hybridized carbons (Fsp3) is 0.250. The molecule has 0 aliphatic heterocycles. The highest BCUT2D eigenvalue weighted by atomic mass is 16.5. The van der Waals surface area contributed by atoms with Crippen molar-refractivity contribution in [3.8, 4) is 28.5 Å². The summed E-state index contributed by atoms with van der Waals surface area (Å²) in [5.74, 6) is 1.56. The van der Waals surface area contributed by atoms with Gasteiger partial charge in [0.05, 0.1) is 12.8 Å². The molecule has 0 radical (unpaired) electrons. The van der Waals surface area contributed by atoms with Crippen LogP contribution in [-0.4, -0.2) is 22.1 Å². The molecular formula is C20H19N3O. The van der Waals surface area contributed by atoms with Crippen molar-refractivity contribution in [3.63, 3.8) is 0 Å². The van der Waals surface area contributed by atoms with E-state index < -0.39 is 0 Å². The van der Waals surface area contributed by atoms with Gasteiger partial charge in [-0.1, -0.05) is 6.07 Å². The van der Waals surface area contributed by atoms with Gasteiger partial charge in [-0.15, -0.1) is 0 Å². The quantitative estimate of drug-likeness (QED) is 0.732. The Labute approximate surface area is 141 Å². The van der Waals surface area contributed by atoms with E-state index in [9.17, 15) is 0 Å². The normalized spacial score (nSPS) is 12.9. The van der Waals surface area contributed by atoms with E-state index >= 15 is 0 Å². The van der Waals surface area contributed by atoms with E-state index in [-0.39, 0.29) is 0 Å². The molecule has 0 saturated heterocycles. The first-order valence-corrected chi connectivity index (χ1v) is 8.23. The van der Waals surface area contributed by atoms with Crippen LogP contribution in [0.5, 0.6) is 5.75 Å². The minimum atomic E-state index is 0.713. The van der Waals surface area contributed by atoms with Gasteiger partial charge in [0.2, 0.25) is 0 Å². The van der Waals surface area contributed by atoms with Crippen LogP contribution >= 0.6 is 0 Å². The van der Waals surface area contributed by atoms with E-state index in [4.69, 9.17) is 14.7 Å². The number of benzene rings is 1. The lowest BCUT2D eigenvalue weighted by molar-refractivity contribution is 0.415. The molecule has 4 nitrogen and oxygen atoms in total. The highest BCUT2D eigenvalue weighted by Crippen LogP contribution is 2.32. The van der Waals surface area contributed by atoms with Crippen LogP contribution in [0.15, 0.2) is 42.5 Å². The SMILES string of the molecule is COc1ccc(-c2nc(-c3cccc(C)n3)nc3c2CCC3)cc1. The Hall–Kier alpha value is -2.75. The molecule has 1 aromatic carbocycles. The van der Waals surface area contributed by atoms with E-state index in [1.807, 2.05) is 37.3 Å². The Morgan fingerprint density at radius 1 is 0.917 bits per heavy atom. The highest BCUT2D eigenvalue weighted by molar-refractivity contribution is 5.68. The second-order valence-electron chi connectivity index (χ2n) is 6.07. The number of aryl methyl sites for hydroxylation is 2. The summed E-state index contributed by atoms with van der Waals surface area (Å²) < 4.78 is 5.26. The van der Waals surface area contributed by atoms with Gasteiger partial charge in [-0.2, -0.15) is 0 Å². The van der Waals surface area contributed by atoms with Gasteiger partial charge in [-0.3, -0.25) is 0 Å². The van der Waals surface area contributed by atoms with Crippen molar-refractivity contribution in [1.82, 2.24) is 15.0 Å². The Balaban J connectivity index is 1.86. The molecule has 4 heteroatoms. The fourth-order valence-corrected chi connectivity index (χ4v) is 3.20. The summed E-state index contributed by atoms with van der Waals surface area (Å²) in [4.78, 5) is 14.2. The van der Waals surface area contributed by atoms with Crippen LogP contribution in [0.4, 0.5) is 0 Å². The van der Waals surface area contributed by atoms with Gasteiger partial charge in [-0.25, -0.2) is 15.0 Å². The molecule has 3 aromatic rings. The van der Waals surface area contributed by atoms with Gasteiger partial charge in [0, 0.05) is 22.5 Å². The summed E-state index contributed by atoms with van der Waals surface area (Å²) in [7, 11) is 1.68. The van der Waals surface area contributed by atoms with Gasteiger partial charge in [-0.05, 0) is 62.6 Å². The zero-order valence-corrected chi connectivity index (χ0v) is 13.9. The molecular weight excluding hydrogens is 298 g/mol. The third kappa shape index (κ3) is 2.64. The number of fused-ring (bicyclic) bond motifs is 1. The maximum Gasteiger partial charge on any atom is 0.178 e. The molecule has 2 aromatic heterocycles. The smallest absolute Gasteiger partial charge is 0.178 e. The largest absolute Gasteiger partial charge is 0.497 e. The van der Waals surface area contributed by atoms with Crippen LogP contribution in [-0.2, 0) is 12.8 Å². The Morgan fingerprint density at radius 3 is 2.50 bits per heavy atom. The van der Waals surface area contributed by atoms with Crippen LogP contribution in [0, 0.1) is 6.92 Å². The number of ether oxygens (including phenoxy) is 1. The van der Waals surface area contributed by atoms with E-state index in [1.165, 1.54) is 5.56 Å². The molecule has 0 atom stereocenters. The van der Waals surface area contributed by atoms with Crippen molar-refractivity contribution < 1.29 is 4.74 Å². The summed E-state index contributed by atoms with van der Waals surface area (Å²) in [6.07, 6.45) is 3.19. The summed E-state index contributed by atoms with van der Waals surface area (Å²) in [6.45, 7) is 1.99. The predicted molar refractivity (Wildman–Crippen MR) is 94.0 cm³/mol. The summed E-state index contributed by atoms with van der Waals surface area (Å²) in [6, 6.07) is 14.0. The number of hydrogen-bond acceptors (Lipinski definition) is 4. The number of nitrogens with zero attached hydrogens (tertiary/aromatic N) is 3. The van der Waals surface area contributed by atoms with Crippen LogP contribution in [0.3, 0.4) is 0 Å². The number of rotatable bonds is 3. The average Bonchev–Trinajstić information content (AvgIpc) is 3.09. The van der Waals surface area contributed by atoms with Crippen molar-refractivity contribution in [1.29, 1.82) is 0 Å². The molecule has 2 heterocycles. The van der Waals surface area contributed by atoms with Crippen molar-refractivity contribution >= 4 is 0 Å². The summed E-state index contributed by atoms with van der Waals surface area (Å²) in [5.41, 5.74) is 6.37. The summed E-state index contributed by atoms with van der Waals surface area (Å²) in [5, 5.41) is 0. The number of pyridine rings is 1. The van der Waals surface area contributed by atoms with Gasteiger partial charge < -0.3 is 4.74 Å². The minimum Gasteiger partial charge on any atom is -0.497 e. The predicted octanol–water partition coefficient (Wildman–Crippen LogP) is 4.01. The lowest BCUT2D eigenvalue weighted by Gasteiger charge is -2.11. The second kappa shape index (κ2) is 6.04. The molecule has 0 spiro atoms. The monoisotopic (exact) mass is 317 g/mol. The van der Waals surface area contributed by atoms with Crippen LogP contribution in [0.25, 0.3) is 22.8 Å². The van der Waals surface area contributed by atoms with E-state index in [2.05, 4.69) is 17.1 Å². The van der Waals surface area contributed by atoms with Gasteiger partial charge in [0.25, 0.3) is 0 Å². The lowest BCUT2D eigenvalue weighted by atomic mass is 10.0. The molecule has 1 aliphatic rings. The van der Waals surface area contributed by atoms with E-state index in [1.54, 1.807) is 7.11 Å². The Kier molecular flexibility index (Phi) is 3.73. The topological polar surface area (TPSA) is 47.9 Å². The molecule has 0 amide bonds. The molecule has 0 unspecified atom stereocenters. The van der Waals surface area contributed by atoms with Gasteiger partial charge in [0.15, 0.2) is 5.82 Å². The maximum absolute atomic E-state index is 5.26. The highest BCUT2D eigenvalue weighted by Gasteiger charge is 2.21. The van der Waals surface area contributed by atoms with Gasteiger partial charge in [0.1, 0.15) is 11.4 Å². The van der Waals surface area contributed by atoms with E-state index in [0.29, 0.717) is 5.82 Å². The second-order valence-corrected chi connectivity index (χ2v) is 6.07. The average molecular weight is 317 g/mol. The summed E-state index contributed by atoms with van der Waals surface area (Å²) >= 11 is 0. The molecule has 0 saturated carbocycles. The lowest BCUT2D eigenvalue weighted by Crippen LogP contribution is -2.01. The maximum atomic E-state index is 5.26. The molecule has 0 bridgehead atoms. The van der Waals surface area contributed by atoms with Gasteiger partial charge >= 0.3 is 0 Å².